The Balaban J connectivity index is 1.86. The number of morpholine rings is 1. The minimum absolute atomic E-state index is 0.0609. The Hall–Kier alpha value is -1.88. The first kappa shape index (κ1) is 15.0. The summed E-state index contributed by atoms with van der Waals surface area (Å²) in [5.74, 6) is -0.941. The van der Waals surface area contributed by atoms with E-state index in [1.165, 1.54) is 0 Å². The van der Waals surface area contributed by atoms with Gasteiger partial charge in [0.05, 0.1) is 18.6 Å². The van der Waals surface area contributed by atoms with Crippen LogP contribution in [0.25, 0.3) is 0 Å². The second-order valence-electron chi connectivity index (χ2n) is 6.10. The van der Waals surface area contributed by atoms with E-state index in [2.05, 4.69) is 0 Å². The number of ether oxygens (including phenoxy) is 1. The average molecular weight is 303 g/mol. The summed E-state index contributed by atoms with van der Waals surface area (Å²) in [6, 6.07) is 9.90. The fraction of sp³-hybridized carbons (Fsp3) is 0.529. The van der Waals surface area contributed by atoms with Crippen molar-refractivity contribution in [3.05, 3.63) is 35.9 Å². The third kappa shape index (κ3) is 2.61. The molecule has 5 nitrogen and oxygen atoms in total. The Morgan fingerprint density at radius 1 is 1.18 bits per heavy atom. The summed E-state index contributed by atoms with van der Waals surface area (Å²) in [4.78, 5) is 26.0. The molecule has 0 unspecified atom stereocenters. The summed E-state index contributed by atoms with van der Waals surface area (Å²) in [6.07, 6.45) is 2.84. The average Bonchev–Trinajstić information content (AvgIpc) is 3.06. The summed E-state index contributed by atoms with van der Waals surface area (Å²) in [5, 5.41) is 9.12. The molecule has 2 aliphatic rings. The van der Waals surface area contributed by atoms with E-state index < -0.39 is 17.5 Å². The molecule has 22 heavy (non-hydrogen) atoms. The van der Waals surface area contributed by atoms with Gasteiger partial charge in [0.2, 0.25) is 5.91 Å². The number of aliphatic carboxylic acids is 1. The highest BCUT2D eigenvalue weighted by molar-refractivity contribution is 5.89. The molecule has 1 aromatic rings. The minimum atomic E-state index is -1.00. The third-order valence-corrected chi connectivity index (χ3v) is 4.82. The normalized spacial score (nSPS) is 24.2. The maximum Gasteiger partial charge on any atom is 0.334 e. The number of carbonyl (C=O) groups is 2. The van der Waals surface area contributed by atoms with E-state index >= 15 is 0 Å². The lowest BCUT2D eigenvalue weighted by Gasteiger charge is -2.38. The predicted octanol–water partition coefficient (Wildman–Crippen LogP) is 1.81. The molecule has 0 aromatic heterocycles. The zero-order chi connectivity index (χ0) is 15.6. The molecule has 0 radical (unpaired) electrons. The molecule has 1 atom stereocenters. The van der Waals surface area contributed by atoms with Crippen molar-refractivity contribution in [2.75, 3.05) is 19.7 Å². The molecule has 1 aliphatic heterocycles. The van der Waals surface area contributed by atoms with Crippen LogP contribution in [-0.4, -0.2) is 47.7 Å². The number of carboxylic acid groups (broad SMARTS) is 1. The van der Waals surface area contributed by atoms with E-state index in [4.69, 9.17) is 9.84 Å². The zero-order valence-electron chi connectivity index (χ0n) is 12.5. The van der Waals surface area contributed by atoms with Crippen LogP contribution in [-0.2, 0) is 19.7 Å². The molecule has 2 fully saturated rings. The van der Waals surface area contributed by atoms with Gasteiger partial charge in [-0.3, -0.25) is 4.79 Å². The van der Waals surface area contributed by atoms with Crippen molar-refractivity contribution < 1.29 is 19.4 Å². The molecule has 1 amide bonds. The van der Waals surface area contributed by atoms with Gasteiger partial charge in [0.15, 0.2) is 6.10 Å². The van der Waals surface area contributed by atoms with E-state index in [0.29, 0.717) is 6.54 Å². The first-order valence-corrected chi connectivity index (χ1v) is 7.83. The second-order valence-corrected chi connectivity index (χ2v) is 6.10. The van der Waals surface area contributed by atoms with Crippen molar-refractivity contribution in [2.45, 2.75) is 37.2 Å². The van der Waals surface area contributed by atoms with Crippen LogP contribution in [0.2, 0.25) is 0 Å². The quantitative estimate of drug-likeness (QED) is 0.925. The Labute approximate surface area is 129 Å². The Morgan fingerprint density at radius 3 is 2.50 bits per heavy atom. The summed E-state index contributed by atoms with van der Waals surface area (Å²) in [5.41, 5.74) is 0.567. The van der Waals surface area contributed by atoms with Crippen LogP contribution >= 0.6 is 0 Å². The fourth-order valence-electron chi connectivity index (χ4n) is 3.65. The summed E-state index contributed by atoms with van der Waals surface area (Å²) >= 11 is 0. The number of benzene rings is 1. The zero-order valence-corrected chi connectivity index (χ0v) is 12.5. The standard InChI is InChI=1S/C17H21NO4/c19-15(20)14-12-18(10-11-22-14)16(21)17(8-4-5-9-17)13-6-2-1-3-7-13/h1-3,6-7,14H,4-5,8-12H2,(H,19,20)/t14-/m0/s1. The van der Waals surface area contributed by atoms with Crippen LogP contribution in [0, 0.1) is 0 Å². The molecule has 118 valence electrons. The van der Waals surface area contributed by atoms with Crippen LogP contribution in [0.1, 0.15) is 31.2 Å². The lowest BCUT2D eigenvalue weighted by Crippen LogP contribution is -2.54. The van der Waals surface area contributed by atoms with Gasteiger partial charge in [-0.05, 0) is 18.4 Å². The second kappa shape index (κ2) is 6.08. The van der Waals surface area contributed by atoms with E-state index in [1.807, 2.05) is 30.3 Å². The number of carboxylic acids is 1. The molecule has 0 bridgehead atoms. The first-order chi connectivity index (χ1) is 10.6. The molecule has 1 saturated carbocycles. The monoisotopic (exact) mass is 303 g/mol. The Bertz CT molecular complexity index is 551. The van der Waals surface area contributed by atoms with Gasteiger partial charge in [0, 0.05) is 6.54 Å². The van der Waals surface area contributed by atoms with E-state index in [9.17, 15) is 9.59 Å². The number of carbonyl (C=O) groups excluding carboxylic acids is 1. The smallest absolute Gasteiger partial charge is 0.334 e. The van der Waals surface area contributed by atoms with Crippen molar-refractivity contribution in [1.82, 2.24) is 4.90 Å². The molecule has 1 saturated heterocycles. The topological polar surface area (TPSA) is 66.8 Å². The maximum atomic E-state index is 13.2. The highest BCUT2D eigenvalue weighted by Gasteiger charge is 2.46. The molecule has 1 aliphatic carbocycles. The van der Waals surface area contributed by atoms with Crippen molar-refractivity contribution in [3.63, 3.8) is 0 Å². The highest BCUT2D eigenvalue weighted by Crippen LogP contribution is 2.42. The molecule has 3 rings (SSSR count). The third-order valence-electron chi connectivity index (χ3n) is 4.82. The van der Waals surface area contributed by atoms with Crippen molar-refractivity contribution >= 4 is 11.9 Å². The van der Waals surface area contributed by atoms with Gasteiger partial charge in [-0.15, -0.1) is 0 Å². The number of rotatable bonds is 3. The molecule has 1 aromatic carbocycles. The number of hydrogen-bond donors (Lipinski definition) is 1. The van der Waals surface area contributed by atoms with Crippen LogP contribution in [0.4, 0.5) is 0 Å². The van der Waals surface area contributed by atoms with Crippen LogP contribution in [0.5, 0.6) is 0 Å². The van der Waals surface area contributed by atoms with E-state index in [-0.39, 0.29) is 19.1 Å². The van der Waals surface area contributed by atoms with Gasteiger partial charge < -0.3 is 14.7 Å². The van der Waals surface area contributed by atoms with Crippen molar-refractivity contribution in [3.8, 4) is 0 Å². The molecule has 0 spiro atoms. The number of amides is 1. The summed E-state index contributed by atoms with van der Waals surface area (Å²) in [6.45, 7) is 0.896. The van der Waals surface area contributed by atoms with Gasteiger partial charge in [-0.1, -0.05) is 43.2 Å². The molecular formula is C17H21NO4. The SMILES string of the molecule is O=C(O)[C@@H]1CN(C(=O)C2(c3ccccc3)CCCC2)CCO1. The predicted molar refractivity (Wildman–Crippen MR) is 80.5 cm³/mol. The highest BCUT2D eigenvalue weighted by atomic mass is 16.5. The van der Waals surface area contributed by atoms with Crippen molar-refractivity contribution in [1.29, 1.82) is 0 Å². The fourth-order valence-corrected chi connectivity index (χ4v) is 3.65. The largest absolute Gasteiger partial charge is 0.479 e. The maximum absolute atomic E-state index is 13.2. The Kier molecular flexibility index (Phi) is 4.16. The van der Waals surface area contributed by atoms with Gasteiger partial charge in [-0.2, -0.15) is 0 Å². The van der Waals surface area contributed by atoms with Gasteiger partial charge in [0.1, 0.15) is 0 Å². The van der Waals surface area contributed by atoms with Crippen LogP contribution in [0.3, 0.4) is 0 Å². The molecular weight excluding hydrogens is 282 g/mol. The molecule has 1 N–H and O–H groups in total. The van der Waals surface area contributed by atoms with Gasteiger partial charge in [-0.25, -0.2) is 4.79 Å². The minimum Gasteiger partial charge on any atom is -0.479 e. The first-order valence-electron chi connectivity index (χ1n) is 7.83. The summed E-state index contributed by atoms with van der Waals surface area (Å²) in [7, 11) is 0. The van der Waals surface area contributed by atoms with E-state index in [1.54, 1.807) is 4.90 Å². The van der Waals surface area contributed by atoms with Crippen LogP contribution < -0.4 is 0 Å². The molecule has 5 heteroatoms. The Morgan fingerprint density at radius 2 is 1.86 bits per heavy atom. The van der Waals surface area contributed by atoms with Gasteiger partial charge >= 0.3 is 5.97 Å². The summed E-state index contributed by atoms with van der Waals surface area (Å²) < 4.78 is 5.23. The number of nitrogens with zero attached hydrogens (tertiary/aromatic N) is 1. The number of hydrogen-bond acceptors (Lipinski definition) is 3. The van der Waals surface area contributed by atoms with Crippen molar-refractivity contribution in [2.24, 2.45) is 0 Å². The lowest BCUT2D eigenvalue weighted by molar-refractivity contribution is -0.161. The lowest BCUT2D eigenvalue weighted by atomic mass is 9.77. The van der Waals surface area contributed by atoms with Crippen LogP contribution in [0.15, 0.2) is 30.3 Å². The van der Waals surface area contributed by atoms with Gasteiger partial charge in [0.25, 0.3) is 0 Å². The molecule has 1 heterocycles. The van der Waals surface area contributed by atoms with E-state index in [0.717, 1.165) is 31.2 Å².